The number of aromatic nitrogens is 2. The van der Waals surface area contributed by atoms with E-state index in [0.29, 0.717) is 11.4 Å². The minimum Gasteiger partial charge on any atom is -0.351 e. The second-order valence-corrected chi connectivity index (χ2v) is 6.67. The Hall–Kier alpha value is -3.53. The molecule has 3 amide bonds. The Bertz CT molecular complexity index is 1110. The van der Waals surface area contributed by atoms with Crippen molar-refractivity contribution in [1.82, 2.24) is 9.78 Å². The van der Waals surface area contributed by atoms with Gasteiger partial charge in [0.05, 0.1) is 22.0 Å². The van der Waals surface area contributed by atoms with E-state index in [1.54, 1.807) is 6.92 Å². The molecule has 0 aliphatic carbocycles. The normalized spacial score (nSPS) is 11.2. The first-order valence-corrected chi connectivity index (χ1v) is 8.84. The largest absolute Gasteiger partial charge is 0.416 e. The SMILES string of the molecule is Cc1cc(NC(=O)c2ccc(NC(N)=O)cc2)n(-c2cc(C(F)(F)F)ccc2Cl)n1. The fourth-order valence-electron chi connectivity index (χ4n) is 2.66. The third-order valence-electron chi connectivity index (χ3n) is 3.99. The van der Waals surface area contributed by atoms with Gasteiger partial charge in [0, 0.05) is 17.3 Å². The van der Waals surface area contributed by atoms with Crippen LogP contribution in [0.1, 0.15) is 21.6 Å². The monoisotopic (exact) mass is 437 g/mol. The number of hydrogen-bond acceptors (Lipinski definition) is 3. The summed E-state index contributed by atoms with van der Waals surface area (Å²) >= 11 is 6.09. The summed E-state index contributed by atoms with van der Waals surface area (Å²) in [6.07, 6.45) is -4.56. The van der Waals surface area contributed by atoms with E-state index in [0.717, 1.165) is 22.9 Å². The van der Waals surface area contributed by atoms with Crippen molar-refractivity contribution in [3.05, 3.63) is 70.4 Å². The third-order valence-corrected chi connectivity index (χ3v) is 4.31. The van der Waals surface area contributed by atoms with Crippen LogP contribution in [0, 0.1) is 6.92 Å². The predicted molar refractivity (Wildman–Crippen MR) is 106 cm³/mol. The van der Waals surface area contributed by atoms with Crippen LogP contribution >= 0.6 is 11.6 Å². The number of anilines is 2. The lowest BCUT2D eigenvalue weighted by atomic mass is 10.2. The summed E-state index contributed by atoms with van der Waals surface area (Å²) in [5.74, 6) is -0.400. The van der Waals surface area contributed by atoms with Gasteiger partial charge in [-0.15, -0.1) is 0 Å². The average Bonchev–Trinajstić information content (AvgIpc) is 3.01. The lowest BCUT2D eigenvalue weighted by Crippen LogP contribution is -2.19. The molecule has 7 nitrogen and oxygen atoms in total. The number of nitrogens with zero attached hydrogens (tertiary/aromatic N) is 2. The van der Waals surface area contributed by atoms with Gasteiger partial charge in [-0.1, -0.05) is 11.6 Å². The topological polar surface area (TPSA) is 102 Å². The maximum Gasteiger partial charge on any atom is 0.416 e. The van der Waals surface area contributed by atoms with Crippen LogP contribution in [0.3, 0.4) is 0 Å². The van der Waals surface area contributed by atoms with Crippen LogP contribution in [0.2, 0.25) is 5.02 Å². The van der Waals surface area contributed by atoms with E-state index >= 15 is 0 Å². The van der Waals surface area contributed by atoms with Crippen molar-refractivity contribution in [3.8, 4) is 5.69 Å². The number of nitrogens with two attached hydrogens (primary N) is 1. The number of rotatable bonds is 4. The van der Waals surface area contributed by atoms with Crippen LogP contribution < -0.4 is 16.4 Å². The molecule has 156 valence electrons. The zero-order valence-corrected chi connectivity index (χ0v) is 16.2. The van der Waals surface area contributed by atoms with E-state index < -0.39 is 23.7 Å². The highest BCUT2D eigenvalue weighted by Gasteiger charge is 2.31. The summed E-state index contributed by atoms with van der Waals surface area (Å²) in [6, 6.07) is 9.44. The Kier molecular flexibility index (Phi) is 5.70. The molecule has 11 heteroatoms. The number of primary amides is 1. The van der Waals surface area contributed by atoms with Gasteiger partial charge in [0.2, 0.25) is 0 Å². The van der Waals surface area contributed by atoms with Crippen molar-refractivity contribution in [2.75, 3.05) is 10.6 Å². The van der Waals surface area contributed by atoms with E-state index in [9.17, 15) is 22.8 Å². The van der Waals surface area contributed by atoms with Gasteiger partial charge < -0.3 is 16.4 Å². The molecule has 0 fully saturated rings. The molecule has 0 saturated heterocycles. The molecule has 0 aliphatic rings. The molecular weight excluding hydrogens is 423 g/mol. The number of nitrogens with one attached hydrogen (secondary N) is 2. The maximum atomic E-state index is 13.1. The molecule has 0 aliphatic heterocycles. The summed E-state index contributed by atoms with van der Waals surface area (Å²) in [4.78, 5) is 23.4. The summed E-state index contributed by atoms with van der Waals surface area (Å²) in [6.45, 7) is 1.62. The Morgan fingerprint density at radius 3 is 2.33 bits per heavy atom. The van der Waals surface area contributed by atoms with Gasteiger partial charge in [-0.25, -0.2) is 9.48 Å². The van der Waals surface area contributed by atoms with Crippen LogP contribution in [0.5, 0.6) is 0 Å². The van der Waals surface area contributed by atoms with Gasteiger partial charge >= 0.3 is 12.2 Å². The van der Waals surface area contributed by atoms with Gasteiger partial charge in [0.15, 0.2) is 0 Å². The van der Waals surface area contributed by atoms with Crippen molar-refractivity contribution >= 4 is 35.0 Å². The fraction of sp³-hybridized carbons (Fsp3) is 0.105. The van der Waals surface area contributed by atoms with E-state index in [1.807, 2.05) is 0 Å². The summed E-state index contributed by atoms with van der Waals surface area (Å²) in [5, 5.41) is 9.14. The average molecular weight is 438 g/mol. The van der Waals surface area contributed by atoms with Gasteiger partial charge in [-0.3, -0.25) is 4.79 Å². The zero-order valence-electron chi connectivity index (χ0n) is 15.4. The number of urea groups is 1. The number of alkyl halides is 3. The van der Waals surface area contributed by atoms with E-state index in [-0.39, 0.29) is 22.1 Å². The molecule has 0 unspecified atom stereocenters. The van der Waals surface area contributed by atoms with Crippen molar-refractivity contribution in [3.63, 3.8) is 0 Å². The smallest absolute Gasteiger partial charge is 0.351 e. The molecule has 3 aromatic rings. The number of carbonyl (C=O) groups excluding carboxylic acids is 2. The molecule has 0 bridgehead atoms. The standard InChI is InChI=1S/C19H15ClF3N5O2/c1-10-8-16(26-17(29)11-2-5-13(6-3-11)25-18(24)30)28(27-10)15-9-12(19(21,22)23)4-7-14(15)20/h2-9H,1H3,(H,26,29)(H3,24,25,30). The molecule has 30 heavy (non-hydrogen) atoms. The van der Waals surface area contributed by atoms with E-state index in [2.05, 4.69) is 15.7 Å². The van der Waals surface area contributed by atoms with Crippen LogP contribution in [0.25, 0.3) is 5.69 Å². The highest BCUT2D eigenvalue weighted by molar-refractivity contribution is 6.32. The van der Waals surface area contributed by atoms with Gasteiger partial charge in [-0.05, 0) is 49.4 Å². The molecular formula is C19H15ClF3N5O2. The number of aryl methyl sites for hydroxylation is 1. The van der Waals surface area contributed by atoms with Crippen LogP contribution in [-0.4, -0.2) is 21.7 Å². The van der Waals surface area contributed by atoms with Crippen LogP contribution in [0.15, 0.2) is 48.5 Å². The number of carbonyl (C=O) groups is 2. The molecule has 4 N–H and O–H groups in total. The maximum absolute atomic E-state index is 13.1. The van der Waals surface area contributed by atoms with Crippen molar-refractivity contribution in [1.29, 1.82) is 0 Å². The number of hydrogen-bond donors (Lipinski definition) is 3. The third kappa shape index (κ3) is 4.71. The van der Waals surface area contributed by atoms with Gasteiger partial charge in [0.25, 0.3) is 5.91 Å². The molecule has 3 rings (SSSR count). The molecule has 1 aromatic heterocycles. The van der Waals surface area contributed by atoms with Crippen LogP contribution in [0.4, 0.5) is 29.5 Å². The van der Waals surface area contributed by atoms with E-state index in [4.69, 9.17) is 17.3 Å². The Morgan fingerprint density at radius 1 is 1.07 bits per heavy atom. The highest BCUT2D eigenvalue weighted by Crippen LogP contribution is 2.34. The summed E-state index contributed by atoms with van der Waals surface area (Å²) in [5.41, 5.74) is 5.20. The Morgan fingerprint density at radius 2 is 1.73 bits per heavy atom. The van der Waals surface area contributed by atoms with Gasteiger partial charge in [-0.2, -0.15) is 18.3 Å². The second kappa shape index (κ2) is 8.07. The molecule has 1 heterocycles. The molecule has 0 radical (unpaired) electrons. The lowest BCUT2D eigenvalue weighted by molar-refractivity contribution is -0.137. The number of halogens is 4. The first-order valence-electron chi connectivity index (χ1n) is 8.46. The molecule has 0 atom stereocenters. The Labute approximate surface area is 173 Å². The first-order chi connectivity index (χ1) is 14.0. The fourth-order valence-corrected chi connectivity index (χ4v) is 2.86. The predicted octanol–water partition coefficient (Wildman–Crippen LogP) is 4.60. The van der Waals surface area contributed by atoms with Crippen molar-refractivity contribution in [2.24, 2.45) is 5.73 Å². The van der Waals surface area contributed by atoms with Crippen molar-refractivity contribution < 1.29 is 22.8 Å². The lowest BCUT2D eigenvalue weighted by Gasteiger charge is -2.13. The van der Waals surface area contributed by atoms with Crippen molar-refractivity contribution in [2.45, 2.75) is 13.1 Å². The molecule has 2 aromatic carbocycles. The van der Waals surface area contributed by atoms with Gasteiger partial charge in [0.1, 0.15) is 5.82 Å². The quantitative estimate of drug-likeness (QED) is 0.556. The highest BCUT2D eigenvalue weighted by atomic mass is 35.5. The summed E-state index contributed by atoms with van der Waals surface area (Å²) < 4.78 is 40.4. The zero-order chi connectivity index (χ0) is 22.1. The summed E-state index contributed by atoms with van der Waals surface area (Å²) in [7, 11) is 0. The molecule has 0 saturated carbocycles. The minimum absolute atomic E-state index is 0.0310. The number of benzene rings is 2. The van der Waals surface area contributed by atoms with Crippen LogP contribution in [-0.2, 0) is 6.18 Å². The molecule has 0 spiro atoms. The first kappa shape index (κ1) is 21.2. The van der Waals surface area contributed by atoms with E-state index in [1.165, 1.54) is 30.3 Å². The Balaban J connectivity index is 1.91. The minimum atomic E-state index is -4.56. The second-order valence-electron chi connectivity index (χ2n) is 6.27. The number of amides is 3.